The Kier molecular flexibility index (Phi) is 1.88. The molecule has 0 spiro atoms. The fourth-order valence-electron chi connectivity index (χ4n) is 2.43. The average Bonchev–Trinajstić information content (AvgIpc) is 2.26. The first-order valence-corrected chi connectivity index (χ1v) is 5.49. The molecule has 0 aromatic heterocycles. The molecule has 0 heterocycles. The van der Waals surface area contributed by atoms with E-state index in [2.05, 4.69) is 55.5 Å². The third-order valence-electron chi connectivity index (χ3n) is 3.25. The van der Waals surface area contributed by atoms with E-state index in [4.69, 9.17) is 0 Å². The van der Waals surface area contributed by atoms with Crippen molar-refractivity contribution in [3.63, 3.8) is 0 Å². The van der Waals surface area contributed by atoms with Gasteiger partial charge in [-0.2, -0.15) is 0 Å². The minimum atomic E-state index is 0.602. The molecule has 0 aliphatic heterocycles. The summed E-state index contributed by atoms with van der Waals surface area (Å²) in [6.45, 7) is 2.17. The predicted octanol–water partition coefficient (Wildman–Crippen LogP) is 3.76. The fraction of sp³-hybridized carbons (Fsp3) is 0.200. The first-order valence-electron chi connectivity index (χ1n) is 5.49. The van der Waals surface area contributed by atoms with Crippen LogP contribution in [0, 0.1) is 5.92 Å². The second kappa shape index (κ2) is 3.23. The molecular formula is C15H14. The van der Waals surface area contributed by atoms with E-state index in [-0.39, 0.29) is 0 Å². The maximum absolute atomic E-state index is 2.38. The Morgan fingerprint density at radius 2 is 2.00 bits per heavy atom. The van der Waals surface area contributed by atoms with E-state index in [9.17, 15) is 0 Å². The molecule has 0 radical (unpaired) electrons. The van der Waals surface area contributed by atoms with Crippen LogP contribution in [-0.2, 0) is 6.42 Å². The summed E-state index contributed by atoms with van der Waals surface area (Å²) in [6, 6.07) is 8.69. The molecule has 0 amide bonds. The summed E-state index contributed by atoms with van der Waals surface area (Å²) in [5.41, 5.74) is 5.71. The molecule has 1 aromatic carbocycles. The Morgan fingerprint density at radius 1 is 1.13 bits per heavy atom. The highest BCUT2D eigenvalue weighted by Gasteiger charge is 2.19. The highest BCUT2D eigenvalue weighted by Crippen LogP contribution is 2.33. The van der Waals surface area contributed by atoms with E-state index in [1.165, 1.54) is 22.3 Å². The highest BCUT2D eigenvalue weighted by atomic mass is 14.2. The van der Waals surface area contributed by atoms with Gasteiger partial charge in [0, 0.05) is 5.92 Å². The Hall–Kier alpha value is -1.56. The predicted molar refractivity (Wildman–Crippen MR) is 64.5 cm³/mol. The second-order valence-corrected chi connectivity index (χ2v) is 4.40. The molecule has 3 rings (SSSR count). The van der Waals surface area contributed by atoms with E-state index >= 15 is 0 Å². The summed E-state index contributed by atoms with van der Waals surface area (Å²) >= 11 is 0. The molecule has 1 aromatic rings. The van der Waals surface area contributed by atoms with Crippen LogP contribution in [-0.4, -0.2) is 0 Å². The molecule has 0 N–H and O–H groups in total. The van der Waals surface area contributed by atoms with Gasteiger partial charge in [-0.3, -0.25) is 0 Å². The van der Waals surface area contributed by atoms with Gasteiger partial charge in [0.1, 0.15) is 0 Å². The monoisotopic (exact) mass is 194 g/mol. The van der Waals surface area contributed by atoms with Crippen LogP contribution in [0.15, 0.2) is 53.6 Å². The zero-order chi connectivity index (χ0) is 10.3. The standard InChI is InChI=1S/C15H14/c1-11-6-7-14-9-12-4-2-3-5-13(12)10-15(14)8-11/h2-9,15H,10H2,1H3. The number of rotatable bonds is 0. The van der Waals surface area contributed by atoms with Crippen molar-refractivity contribution in [2.24, 2.45) is 5.92 Å². The lowest BCUT2D eigenvalue weighted by molar-refractivity contribution is 0.753. The second-order valence-electron chi connectivity index (χ2n) is 4.40. The Morgan fingerprint density at radius 3 is 2.93 bits per heavy atom. The molecule has 15 heavy (non-hydrogen) atoms. The molecular weight excluding hydrogens is 180 g/mol. The molecule has 0 bridgehead atoms. The molecule has 0 heteroatoms. The zero-order valence-corrected chi connectivity index (χ0v) is 8.90. The van der Waals surface area contributed by atoms with Crippen LogP contribution in [0.4, 0.5) is 0 Å². The summed E-state index contributed by atoms with van der Waals surface area (Å²) in [5, 5.41) is 0. The van der Waals surface area contributed by atoms with Gasteiger partial charge in [-0.05, 0) is 30.0 Å². The summed E-state index contributed by atoms with van der Waals surface area (Å²) in [7, 11) is 0. The lowest BCUT2D eigenvalue weighted by atomic mass is 9.80. The van der Waals surface area contributed by atoms with Crippen molar-refractivity contribution in [2.75, 3.05) is 0 Å². The van der Waals surface area contributed by atoms with Gasteiger partial charge in [0.05, 0.1) is 0 Å². The van der Waals surface area contributed by atoms with Gasteiger partial charge in [-0.1, -0.05) is 54.1 Å². The van der Waals surface area contributed by atoms with E-state index in [1.54, 1.807) is 0 Å². The van der Waals surface area contributed by atoms with Crippen molar-refractivity contribution < 1.29 is 0 Å². The van der Waals surface area contributed by atoms with Crippen LogP contribution in [0.3, 0.4) is 0 Å². The minimum Gasteiger partial charge on any atom is -0.0737 e. The van der Waals surface area contributed by atoms with Crippen LogP contribution in [0.2, 0.25) is 0 Å². The topological polar surface area (TPSA) is 0 Å². The highest BCUT2D eigenvalue weighted by molar-refractivity contribution is 5.65. The van der Waals surface area contributed by atoms with Gasteiger partial charge in [0.15, 0.2) is 0 Å². The molecule has 0 saturated carbocycles. The molecule has 1 atom stereocenters. The van der Waals surface area contributed by atoms with E-state index < -0.39 is 0 Å². The van der Waals surface area contributed by atoms with Gasteiger partial charge in [-0.25, -0.2) is 0 Å². The molecule has 0 saturated heterocycles. The van der Waals surface area contributed by atoms with Crippen LogP contribution < -0.4 is 0 Å². The maximum Gasteiger partial charge on any atom is 0.00645 e. The number of hydrogen-bond acceptors (Lipinski definition) is 0. The third kappa shape index (κ3) is 1.46. The van der Waals surface area contributed by atoms with E-state index in [0.717, 1.165) is 6.42 Å². The van der Waals surface area contributed by atoms with Crippen molar-refractivity contribution in [1.82, 2.24) is 0 Å². The van der Waals surface area contributed by atoms with Gasteiger partial charge < -0.3 is 0 Å². The van der Waals surface area contributed by atoms with Crippen LogP contribution in [0.25, 0.3) is 6.08 Å². The SMILES string of the molecule is CC1=CC2Cc3ccccc3C=C2C=C1. The largest absolute Gasteiger partial charge is 0.0737 e. The molecule has 2 aliphatic rings. The molecule has 2 aliphatic carbocycles. The smallest absolute Gasteiger partial charge is 0.00645 e. The van der Waals surface area contributed by atoms with Crippen LogP contribution >= 0.6 is 0 Å². The third-order valence-corrected chi connectivity index (χ3v) is 3.25. The number of allylic oxidation sites excluding steroid dienone is 5. The zero-order valence-electron chi connectivity index (χ0n) is 8.90. The van der Waals surface area contributed by atoms with Crippen molar-refractivity contribution in [3.05, 3.63) is 64.8 Å². The van der Waals surface area contributed by atoms with Gasteiger partial charge >= 0.3 is 0 Å². The van der Waals surface area contributed by atoms with Gasteiger partial charge in [0.25, 0.3) is 0 Å². The number of fused-ring (bicyclic) bond motifs is 2. The normalized spacial score (nSPS) is 22.6. The first kappa shape index (κ1) is 8.72. The molecule has 74 valence electrons. The average molecular weight is 194 g/mol. The van der Waals surface area contributed by atoms with Crippen molar-refractivity contribution in [2.45, 2.75) is 13.3 Å². The van der Waals surface area contributed by atoms with E-state index in [0.29, 0.717) is 5.92 Å². The number of hydrogen-bond donors (Lipinski definition) is 0. The lowest BCUT2D eigenvalue weighted by Crippen LogP contribution is -2.12. The Balaban J connectivity index is 2.10. The summed E-state index contributed by atoms with van der Waals surface area (Å²) in [6.07, 6.45) is 10.3. The van der Waals surface area contributed by atoms with Gasteiger partial charge in [-0.15, -0.1) is 0 Å². The summed E-state index contributed by atoms with van der Waals surface area (Å²) in [4.78, 5) is 0. The number of benzene rings is 1. The fourth-order valence-corrected chi connectivity index (χ4v) is 2.43. The van der Waals surface area contributed by atoms with E-state index in [1.807, 2.05) is 0 Å². The maximum atomic E-state index is 2.38. The summed E-state index contributed by atoms with van der Waals surface area (Å²) < 4.78 is 0. The molecule has 1 unspecified atom stereocenters. The summed E-state index contributed by atoms with van der Waals surface area (Å²) in [5.74, 6) is 0.602. The lowest BCUT2D eigenvalue weighted by Gasteiger charge is -2.24. The Bertz CT molecular complexity index is 487. The van der Waals surface area contributed by atoms with Crippen molar-refractivity contribution >= 4 is 6.08 Å². The minimum absolute atomic E-state index is 0.602. The first-order chi connectivity index (χ1) is 7.33. The van der Waals surface area contributed by atoms with Crippen LogP contribution in [0.5, 0.6) is 0 Å². The van der Waals surface area contributed by atoms with Crippen LogP contribution in [0.1, 0.15) is 18.1 Å². The van der Waals surface area contributed by atoms with Crippen molar-refractivity contribution in [1.29, 1.82) is 0 Å². The van der Waals surface area contributed by atoms with Gasteiger partial charge in [0.2, 0.25) is 0 Å². The molecule has 0 nitrogen and oxygen atoms in total. The quantitative estimate of drug-likeness (QED) is 0.590. The Labute approximate surface area is 90.6 Å². The molecule has 0 fully saturated rings. The van der Waals surface area contributed by atoms with Crippen molar-refractivity contribution in [3.8, 4) is 0 Å².